The molecule has 0 fully saturated rings. The van der Waals surface area contributed by atoms with Gasteiger partial charge in [0.25, 0.3) is 0 Å². The van der Waals surface area contributed by atoms with Crippen molar-refractivity contribution < 1.29 is 9.53 Å². The van der Waals surface area contributed by atoms with Crippen molar-refractivity contribution in [3.8, 4) is 11.6 Å². The molecule has 2 heterocycles. The molecule has 0 unspecified atom stereocenters. The van der Waals surface area contributed by atoms with E-state index in [1.165, 1.54) is 0 Å². The Bertz CT molecular complexity index is 781. The number of rotatable bonds is 3. The lowest BCUT2D eigenvalue weighted by Gasteiger charge is -2.06. The van der Waals surface area contributed by atoms with Crippen LogP contribution in [0, 0.1) is 0 Å². The van der Waals surface area contributed by atoms with Gasteiger partial charge in [0, 0.05) is 17.1 Å². The van der Waals surface area contributed by atoms with Gasteiger partial charge < -0.3 is 4.74 Å². The maximum atomic E-state index is 11.3. The van der Waals surface area contributed by atoms with Crippen LogP contribution in [0.2, 0.25) is 5.15 Å². The number of pyridine rings is 1. The first kappa shape index (κ1) is 12.7. The Labute approximate surface area is 120 Å². The van der Waals surface area contributed by atoms with Crippen LogP contribution >= 0.6 is 11.6 Å². The molecule has 0 bridgehead atoms. The van der Waals surface area contributed by atoms with E-state index in [2.05, 4.69) is 4.98 Å². The fourth-order valence-electron chi connectivity index (χ4n) is 2.17. The Kier molecular flexibility index (Phi) is 3.16. The molecule has 0 amide bonds. The SMILES string of the molecule is COc1ccc2c(C=O)c(Cl)n(-c3ccccc3)c2n1. The molecule has 0 aliphatic heterocycles. The van der Waals surface area contributed by atoms with Crippen LogP contribution < -0.4 is 4.74 Å². The molecule has 5 heteroatoms. The minimum absolute atomic E-state index is 0.349. The van der Waals surface area contributed by atoms with Gasteiger partial charge in [-0.15, -0.1) is 0 Å². The largest absolute Gasteiger partial charge is 0.481 e. The Morgan fingerprint density at radius 3 is 2.60 bits per heavy atom. The average Bonchev–Trinajstić information content (AvgIpc) is 2.78. The summed E-state index contributed by atoms with van der Waals surface area (Å²) in [6.45, 7) is 0. The van der Waals surface area contributed by atoms with Crippen molar-refractivity contribution >= 4 is 28.9 Å². The molecule has 0 spiro atoms. The third kappa shape index (κ3) is 1.85. The van der Waals surface area contributed by atoms with Gasteiger partial charge in [-0.2, -0.15) is 4.98 Å². The van der Waals surface area contributed by atoms with Gasteiger partial charge in [-0.1, -0.05) is 29.8 Å². The Morgan fingerprint density at radius 1 is 1.20 bits per heavy atom. The quantitative estimate of drug-likeness (QED) is 0.692. The summed E-state index contributed by atoms with van der Waals surface area (Å²) < 4.78 is 6.88. The van der Waals surface area contributed by atoms with Gasteiger partial charge >= 0.3 is 0 Å². The number of fused-ring (bicyclic) bond motifs is 1. The number of hydrogen-bond donors (Lipinski definition) is 0. The van der Waals surface area contributed by atoms with Crippen LogP contribution in [-0.4, -0.2) is 22.9 Å². The summed E-state index contributed by atoms with van der Waals surface area (Å²) in [5.74, 6) is 0.473. The zero-order valence-electron chi connectivity index (χ0n) is 10.7. The maximum Gasteiger partial charge on any atom is 0.214 e. The number of hydrogen-bond acceptors (Lipinski definition) is 3. The van der Waals surface area contributed by atoms with Crippen LogP contribution in [0.4, 0.5) is 0 Å². The number of carbonyl (C=O) groups is 1. The number of halogens is 1. The van der Waals surface area contributed by atoms with Crippen LogP contribution in [0.3, 0.4) is 0 Å². The second kappa shape index (κ2) is 4.98. The highest BCUT2D eigenvalue weighted by molar-refractivity contribution is 6.34. The highest BCUT2D eigenvalue weighted by Crippen LogP contribution is 2.32. The van der Waals surface area contributed by atoms with Crippen molar-refractivity contribution in [3.63, 3.8) is 0 Å². The highest BCUT2D eigenvalue weighted by Gasteiger charge is 2.18. The smallest absolute Gasteiger partial charge is 0.214 e. The molecule has 20 heavy (non-hydrogen) atoms. The molecule has 2 aromatic heterocycles. The molecule has 1 aromatic carbocycles. The van der Waals surface area contributed by atoms with Crippen molar-refractivity contribution in [2.24, 2.45) is 0 Å². The molecule has 0 aliphatic rings. The Morgan fingerprint density at radius 2 is 1.95 bits per heavy atom. The number of nitrogens with zero attached hydrogens (tertiary/aromatic N) is 2. The van der Waals surface area contributed by atoms with E-state index in [0.29, 0.717) is 27.6 Å². The molecule has 100 valence electrons. The van der Waals surface area contributed by atoms with E-state index in [9.17, 15) is 4.79 Å². The predicted octanol–water partition coefficient (Wildman–Crippen LogP) is 3.50. The third-order valence-electron chi connectivity index (χ3n) is 3.11. The van der Waals surface area contributed by atoms with E-state index < -0.39 is 0 Å². The first-order valence-electron chi connectivity index (χ1n) is 6.02. The van der Waals surface area contributed by atoms with Gasteiger partial charge in [-0.25, -0.2) is 0 Å². The van der Waals surface area contributed by atoms with Gasteiger partial charge in [0.1, 0.15) is 5.15 Å². The van der Waals surface area contributed by atoms with Gasteiger partial charge in [0.05, 0.1) is 12.7 Å². The zero-order chi connectivity index (χ0) is 14.1. The first-order valence-corrected chi connectivity index (χ1v) is 6.39. The number of benzene rings is 1. The fourth-order valence-corrected chi connectivity index (χ4v) is 2.50. The van der Waals surface area contributed by atoms with Crippen LogP contribution in [-0.2, 0) is 0 Å². The molecule has 0 saturated carbocycles. The average molecular weight is 287 g/mol. The monoisotopic (exact) mass is 286 g/mol. The third-order valence-corrected chi connectivity index (χ3v) is 3.48. The summed E-state index contributed by atoms with van der Waals surface area (Å²) in [5, 5.41) is 1.05. The van der Waals surface area contributed by atoms with E-state index in [-0.39, 0.29) is 0 Å². The van der Waals surface area contributed by atoms with Gasteiger partial charge in [-0.3, -0.25) is 9.36 Å². The number of para-hydroxylation sites is 1. The number of aromatic nitrogens is 2. The predicted molar refractivity (Wildman–Crippen MR) is 78.0 cm³/mol. The zero-order valence-corrected chi connectivity index (χ0v) is 11.5. The van der Waals surface area contributed by atoms with Crippen LogP contribution in [0.1, 0.15) is 10.4 Å². The van der Waals surface area contributed by atoms with E-state index in [0.717, 1.165) is 12.0 Å². The first-order chi connectivity index (χ1) is 9.76. The number of aldehydes is 1. The number of ether oxygens (including phenoxy) is 1. The van der Waals surface area contributed by atoms with Crippen molar-refractivity contribution in [3.05, 3.63) is 53.2 Å². The summed E-state index contributed by atoms with van der Waals surface area (Å²) in [7, 11) is 1.55. The van der Waals surface area contributed by atoms with Crippen molar-refractivity contribution in [1.29, 1.82) is 0 Å². The summed E-state index contributed by atoms with van der Waals surface area (Å²) in [6.07, 6.45) is 0.748. The molecule has 0 saturated heterocycles. The van der Waals surface area contributed by atoms with Crippen LogP contribution in [0.5, 0.6) is 5.88 Å². The van der Waals surface area contributed by atoms with Crippen molar-refractivity contribution in [2.75, 3.05) is 7.11 Å². The lowest BCUT2D eigenvalue weighted by molar-refractivity contribution is 0.112. The van der Waals surface area contributed by atoms with Gasteiger partial charge in [-0.05, 0) is 18.2 Å². The van der Waals surface area contributed by atoms with Crippen LogP contribution in [0.15, 0.2) is 42.5 Å². The molecule has 0 aliphatic carbocycles. The summed E-state index contributed by atoms with van der Waals surface area (Å²) in [6, 6.07) is 13.0. The Balaban J connectivity index is 2.40. The lowest BCUT2D eigenvalue weighted by atomic mass is 10.2. The molecule has 0 atom stereocenters. The summed E-state index contributed by atoms with van der Waals surface area (Å²) in [4.78, 5) is 15.7. The van der Waals surface area contributed by atoms with Crippen LogP contribution in [0.25, 0.3) is 16.7 Å². The van der Waals surface area contributed by atoms with E-state index in [4.69, 9.17) is 16.3 Å². The molecule has 0 radical (unpaired) electrons. The second-order valence-corrected chi connectivity index (χ2v) is 4.58. The van der Waals surface area contributed by atoms with E-state index >= 15 is 0 Å². The fraction of sp³-hybridized carbons (Fsp3) is 0.0667. The minimum Gasteiger partial charge on any atom is -0.481 e. The summed E-state index contributed by atoms with van der Waals surface area (Å²) in [5.41, 5.74) is 1.87. The number of methoxy groups -OCH3 is 1. The molecule has 3 aromatic rings. The van der Waals surface area contributed by atoms with Crippen molar-refractivity contribution in [1.82, 2.24) is 9.55 Å². The molecule has 4 nitrogen and oxygen atoms in total. The summed E-state index contributed by atoms with van der Waals surface area (Å²) >= 11 is 6.33. The minimum atomic E-state index is 0.349. The second-order valence-electron chi connectivity index (χ2n) is 4.22. The number of carbonyl (C=O) groups excluding carboxylic acids is 1. The molecular formula is C15H11ClN2O2. The Hall–Kier alpha value is -2.33. The molecule has 0 N–H and O–H groups in total. The van der Waals surface area contributed by atoms with Crippen molar-refractivity contribution in [2.45, 2.75) is 0 Å². The standard InChI is InChI=1S/C15H11ClN2O2/c1-20-13-8-7-11-12(9-19)14(16)18(15(11)17-13)10-5-3-2-4-6-10/h2-9H,1H3. The highest BCUT2D eigenvalue weighted by atomic mass is 35.5. The lowest BCUT2D eigenvalue weighted by Crippen LogP contribution is -1.96. The van der Waals surface area contributed by atoms with E-state index in [1.807, 2.05) is 30.3 Å². The van der Waals surface area contributed by atoms with Gasteiger partial charge in [0.15, 0.2) is 11.9 Å². The molecular weight excluding hydrogens is 276 g/mol. The maximum absolute atomic E-state index is 11.3. The van der Waals surface area contributed by atoms with E-state index in [1.54, 1.807) is 23.8 Å². The molecule has 3 rings (SSSR count). The van der Waals surface area contributed by atoms with Gasteiger partial charge in [0.2, 0.25) is 5.88 Å². The normalized spacial score (nSPS) is 10.7. The topological polar surface area (TPSA) is 44.1 Å².